The molecule has 36 heavy (non-hydrogen) atoms. The van der Waals surface area contributed by atoms with Crippen LogP contribution in [0, 0.1) is 0 Å². The molecule has 1 N–H and O–H groups in total. The van der Waals surface area contributed by atoms with Crippen molar-refractivity contribution in [2.75, 3.05) is 6.61 Å². The van der Waals surface area contributed by atoms with Gasteiger partial charge in [-0.05, 0) is 48.7 Å². The minimum Gasteiger partial charge on any atom is -0.491 e. The van der Waals surface area contributed by atoms with E-state index in [-0.39, 0.29) is 18.1 Å². The van der Waals surface area contributed by atoms with Gasteiger partial charge in [-0.3, -0.25) is 9.78 Å². The topological polar surface area (TPSA) is 90.6 Å². The van der Waals surface area contributed by atoms with Crippen LogP contribution in [0.5, 0.6) is 11.5 Å². The van der Waals surface area contributed by atoms with Crippen molar-refractivity contribution in [2.45, 2.75) is 37.1 Å². The second kappa shape index (κ2) is 8.21. The lowest BCUT2D eigenvalue weighted by Crippen LogP contribution is -2.50. The number of nitrogens with zero attached hydrogens (tertiary/aromatic N) is 4. The number of alkyl halides is 3. The molecule has 184 valence electrons. The summed E-state index contributed by atoms with van der Waals surface area (Å²) in [6.45, 7) is 0.262. The number of carbonyl (C=O) groups is 1. The highest BCUT2D eigenvalue weighted by Crippen LogP contribution is 2.42. The van der Waals surface area contributed by atoms with Crippen molar-refractivity contribution in [3.63, 3.8) is 0 Å². The van der Waals surface area contributed by atoms with Crippen LogP contribution in [0.2, 0.25) is 0 Å². The summed E-state index contributed by atoms with van der Waals surface area (Å²) in [5.41, 5.74) is 1.58. The second-order valence-corrected chi connectivity index (χ2v) is 8.82. The molecule has 11 heteroatoms. The van der Waals surface area contributed by atoms with Crippen LogP contribution in [0.4, 0.5) is 13.2 Å². The molecule has 4 heterocycles. The molecule has 1 unspecified atom stereocenters. The predicted molar refractivity (Wildman–Crippen MR) is 121 cm³/mol. The number of hydrogen-bond donors (Lipinski definition) is 1. The third kappa shape index (κ3) is 4.00. The van der Waals surface area contributed by atoms with Gasteiger partial charge in [0.2, 0.25) is 0 Å². The van der Waals surface area contributed by atoms with E-state index < -0.39 is 17.8 Å². The highest BCUT2D eigenvalue weighted by atomic mass is 19.4. The van der Waals surface area contributed by atoms with E-state index in [0.717, 1.165) is 18.5 Å². The van der Waals surface area contributed by atoms with Gasteiger partial charge < -0.3 is 14.8 Å². The lowest BCUT2D eigenvalue weighted by molar-refractivity contribution is -0.274. The van der Waals surface area contributed by atoms with Gasteiger partial charge in [0.05, 0.1) is 6.61 Å². The van der Waals surface area contributed by atoms with Gasteiger partial charge in [-0.1, -0.05) is 12.1 Å². The van der Waals surface area contributed by atoms with Crippen molar-refractivity contribution >= 4 is 11.6 Å². The maximum atomic E-state index is 13.6. The van der Waals surface area contributed by atoms with Gasteiger partial charge in [0.25, 0.3) is 5.91 Å². The van der Waals surface area contributed by atoms with E-state index in [1.165, 1.54) is 24.3 Å². The first-order valence-electron chi connectivity index (χ1n) is 11.4. The SMILES string of the molecule is O=C(NC1(c2ccc(OC(F)(F)F)cc2)CCOc2cccnc21)c1cc2nccc(C3CC3)n2n1. The van der Waals surface area contributed by atoms with Crippen molar-refractivity contribution in [3.8, 4) is 11.5 Å². The average Bonchev–Trinajstić information content (AvgIpc) is 3.60. The number of nitrogens with one attached hydrogen (secondary N) is 1. The van der Waals surface area contributed by atoms with Crippen LogP contribution in [-0.4, -0.2) is 38.5 Å². The van der Waals surface area contributed by atoms with Gasteiger partial charge in [-0.2, -0.15) is 5.10 Å². The fourth-order valence-corrected chi connectivity index (χ4v) is 4.65. The number of pyridine rings is 1. The molecule has 1 amide bonds. The number of rotatable bonds is 5. The van der Waals surface area contributed by atoms with Crippen molar-refractivity contribution < 1.29 is 27.4 Å². The Hall–Kier alpha value is -4.15. The number of aromatic nitrogens is 4. The number of benzene rings is 1. The van der Waals surface area contributed by atoms with Crippen LogP contribution in [0.15, 0.2) is 60.9 Å². The maximum Gasteiger partial charge on any atom is 0.573 e. The number of halogens is 3. The molecule has 1 aliphatic heterocycles. The van der Waals surface area contributed by atoms with Gasteiger partial charge in [-0.25, -0.2) is 9.50 Å². The summed E-state index contributed by atoms with van der Waals surface area (Å²) >= 11 is 0. The molecule has 8 nitrogen and oxygen atoms in total. The van der Waals surface area contributed by atoms with Crippen LogP contribution in [0.1, 0.15) is 52.6 Å². The molecule has 0 radical (unpaired) electrons. The molecule has 1 aromatic carbocycles. The summed E-state index contributed by atoms with van der Waals surface area (Å²) in [6, 6.07) is 12.4. The Balaban J connectivity index is 1.40. The minimum absolute atomic E-state index is 0.177. The largest absolute Gasteiger partial charge is 0.573 e. The van der Waals surface area contributed by atoms with Crippen molar-refractivity contribution in [1.29, 1.82) is 0 Å². The zero-order valence-corrected chi connectivity index (χ0v) is 18.8. The zero-order chi connectivity index (χ0) is 24.9. The second-order valence-electron chi connectivity index (χ2n) is 8.82. The molecule has 4 aromatic rings. The van der Waals surface area contributed by atoms with Crippen molar-refractivity contribution in [3.05, 3.63) is 83.6 Å². The Morgan fingerprint density at radius 3 is 2.67 bits per heavy atom. The summed E-state index contributed by atoms with van der Waals surface area (Å²) in [4.78, 5) is 22.4. The summed E-state index contributed by atoms with van der Waals surface area (Å²) in [5, 5.41) is 7.59. The number of ether oxygens (including phenoxy) is 2. The van der Waals surface area contributed by atoms with Gasteiger partial charge in [0, 0.05) is 36.5 Å². The fraction of sp³-hybridized carbons (Fsp3) is 0.280. The van der Waals surface area contributed by atoms with E-state index in [4.69, 9.17) is 4.74 Å². The van der Waals surface area contributed by atoms with E-state index in [0.29, 0.717) is 35.0 Å². The van der Waals surface area contributed by atoms with Gasteiger partial charge in [0.15, 0.2) is 11.3 Å². The number of amides is 1. The molecule has 0 spiro atoms. The van der Waals surface area contributed by atoms with Crippen LogP contribution >= 0.6 is 0 Å². The summed E-state index contributed by atoms with van der Waals surface area (Å²) in [6.07, 6.45) is 0.918. The van der Waals surface area contributed by atoms with Gasteiger partial charge in [-0.15, -0.1) is 13.2 Å². The van der Waals surface area contributed by atoms with Crippen LogP contribution < -0.4 is 14.8 Å². The lowest BCUT2D eigenvalue weighted by Gasteiger charge is -2.38. The summed E-state index contributed by atoms with van der Waals surface area (Å²) < 4.78 is 49.5. The van der Waals surface area contributed by atoms with Gasteiger partial charge >= 0.3 is 6.36 Å². The normalized spacial score (nSPS) is 19.4. The quantitative estimate of drug-likeness (QED) is 0.443. The van der Waals surface area contributed by atoms with E-state index in [2.05, 4.69) is 25.1 Å². The van der Waals surface area contributed by atoms with Crippen LogP contribution in [-0.2, 0) is 5.54 Å². The Kier molecular flexibility index (Phi) is 5.09. The van der Waals surface area contributed by atoms with Crippen molar-refractivity contribution in [2.24, 2.45) is 0 Å². The van der Waals surface area contributed by atoms with Crippen LogP contribution in [0.25, 0.3) is 5.65 Å². The minimum atomic E-state index is -4.81. The third-order valence-corrected chi connectivity index (χ3v) is 6.43. The predicted octanol–water partition coefficient (Wildman–Crippen LogP) is 4.36. The molecule has 1 fully saturated rings. The van der Waals surface area contributed by atoms with E-state index in [1.807, 2.05) is 6.07 Å². The molecule has 0 bridgehead atoms. The molecular formula is C25H20F3N5O3. The smallest absolute Gasteiger partial charge is 0.491 e. The number of fused-ring (bicyclic) bond motifs is 2. The van der Waals surface area contributed by atoms with Gasteiger partial charge in [0.1, 0.15) is 22.7 Å². The third-order valence-electron chi connectivity index (χ3n) is 6.43. The molecule has 6 rings (SSSR count). The first-order chi connectivity index (χ1) is 17.3. The lowest BCUT2D eigenvalue weighted by atomic mass is 9.81. The van der Waals surface area contributed by atoms with Crippen molar-refractivity contribution in [1.82, 2.24) is 24.9 Å². The molecule has 2 aliphatic rings. The van der Waals surface area contributed by atoms with Crippen LogP contribution in [0.3, 0.4) is 0 Å². The molecular weight excluding hydrogens is 475 g/mol. The average molecular weight is 495 g/mol. The molecule has 0 saturated heterocycles. The molecule has 1 aliphatic carbocycles. The molecule has 1 saturated carbocycles. The Morgan fingerprint density at radius 2 is 1.92 bits per heavy atom. The highest BCUT2D eigenvalue weighted by Gasteiger charge is 2.43. The Morgan fingerprint density at radius 1 is 1.11 bits per heavy atom. The molecule has 3 aromatic heterocycles. The first-order valence-corrected chi connectivity index (χ1v) is 11.4. The number of carbonyl (C=O) groups excluding carboxylic acids is 1. The Bertz CT molecular complexity index is 1450. The van der Waals surface area contributed by atoms with E-state index in [1.54, 1.807) is 35.1 Å². The zero-order valence-electron chi connectivity index (χ0n) is 18.8. The summed E-state index contributed by atoms with van der Waals surface area (Å²) in [7, 11) is 0. The Labute approximate surface area is 203 Å². The maximum absolute atomic E-state index is 13.6. The van der Waals surface area contributed by atoms with E-state index in [9.17, 15) is 18.0 Å². The summed E-state index contributed by atoms with van der Waals surface area (Å²) in [5.74, 6) is 0.0606. The number of hydrogen-bond acceptors (Lipinski definition) is 6. The van der Waals surface area contributed by atoms with E-state index >= 15 is 0 Å². The molecule has 1 atom stereocenters. The highest BCUT2D eigenvalue weighted by molar-refractivity contribution is 5.94. The standard InChI is InChI=1S/C25H20F3N5O3/c26-25(27,28)36-17-7-5-16(6-8-17)24(10-13-35-20-2-1-11-30-22(20)24)31-23(34)18-14-21-29-12-9-19(15-3-4-15)33(21)32-18/h1-2,5-9,11-12,14-15H,3-4,10,13H2,(H,31,34). The fourth-order valence-electron chi connectivity index (χ4n) is 4.65. The first kappa shape index (κ1) is 22.3. The monoisotopic (exact) mass is 495 g/mol.